The molecule has 5 rings (SSSR count). The molecule has 2 fully saturated rings. The maximum Gasteiger partial charge on any atom is 0.343 e. The van der Waals surface area contributed by atoms with Crippen LogP contribution in [-0.2, 0) is 11.3 Å². The highest BCUT2D eigenvalue weighted by Crippen LogP contribution is 2.32. The molecule has 2 bridgehead atoms. The maximum absolute atomic E-state index is 15.3. The Kier molecular flexibility index (Phi) is 6.06. The lowest BCUT2D eigenvalue weighted by atomic mass is 10.1. The molecule has 2 saturated heterocycles. The number of rotatable bonds is 7. The first-order valence-corrected chi connectivity index (χ1v) is 11.5. The third-order valence-corrected chi connectivity index (χ3v) is 6.64. The quantitative estimate of drug-likeness (QED) is 0.513. The number of nitrogens with one attached hydrogen (secondary N) is 1. The molecule has 0 aliphatic carbocycles. The Bertz CT molecular complexity index is 1360. The van der Waals surface area contributed by atoms with Crippen molar-refractivity contribution >= 4 is 22.8 Å². The van der Waals surface area contributed by atoms with Crippen molar-refractivity contribution in [1.82, 2.24) is 14.9 Å². The molecule has 3 aromatic rings. The minimum atomic E-state index is -0.762. The van der Waals surface area contributed by atoms with E-state index in [0.717, 1.165) is 18.5 Å². The topological polar surface area (TPSA) is 94.9 Å². The van der Waals surface area contributed by atoms with Crippen LogP contribution in [-0.4, -0.2) is 61.5 Å². The lowest BCUT2D eigenvalue weighted by Gasteiger charge is -2.29. The molecule has 1 N–H and O–H groups in total. The number of aromatic nitrogens is 2. The van der Waals surface area contributed by atoms with Crippen LogP contribution in [0.2, 0.25) is 0 Å². The number of fused-ring (bicyclic) bond motifs is 3. The zero-order chi connectivity index (χ0) is 24.7. The lowest BCUT2D eigenvalue weighted by Crippen LogP contribution is -2.44. The summed E-state index contributed by atoms with van der Waals surface area (Å²) in [4.78, 5) is 32.3. The summed E-state index contributed by atoms with van der Waals surface area (Å²) >= 11 is 0. The second-order valence-corrected chi connectivity index (χ2v) is 8.71. The number of anilines is 1. The number of piperazine rings is 1. The van der Waals surface area contributed by atoms with Crippen LogP contribution in [0.15, 0.2) is 35.3 Å². The maximum atomic E-state index is 15.3. The number of hydrogen-bond donors (Lipinski definition) is 1. The molecule has 35 heavy (non-hydrogen) atoms. The van der Waals surface area contributed by atoms with Crippen LogP contribution in [0.5, 0.6) is 11.5 Å². The molecule has 2 aliphatic heterocycles. The molecule has 1 aromatic carbocycles. The Morgan fingerprint density at radius 3 is 2.74 bits per heavy atom. The van der Waals surface area contributed by atoms with Gasteiger partial charge in [-0.3, -0.25) is 4.79 Å². The number of nitrogens with zero attached hydrogens (tertiary/aromatic N) is 3. The highest BCUT2D eigenvalue weighted by atomic mass is 19.1. The molecule has 2 unspecified atom stereocenters. The molecule has 4 heterocycles. The summed E-state index contributed by atoms with van der Waals surface area (Å²) in [5, 5.41) is 3.42. The predicted molar refractivity (Wildman–Crippen MR) is 128 cm³/mol. The van der Waals surface area contributed by atoms with Gasteiger partial charge in [-0.2, -0.15) is 0 Å². The highest BCUT2D eigenvalue weighted by molar-refractivity contribution is 5.93. The third-order valence-electron chi connectivity index (χ3n) is 6.64. The SMILES string of the molecule is CCOC(=O)c1cn(Cc2ccc(OC)cc2OC)c2nc(N3CC4CC3CN4)c(F)cc2c1=O. The number of methoxy groups -OCH3 is 2. The molecule has 2 aliphatic rings. The van der Waals surface area contributed by atoms with Gasteiger partial charge in [0.25, 0.3) is 0 Å². The minimum absolute atomic E-state index is 0.0202. The van der Waals surface area contributed by atoms with Crippen molar-refractivity contribution in [2.75, 3.05) is 38.8 Å². The Hall–Kier alpha value is -3.66. The van der Waals surface area contributed by atoms with Crippen LogP contribution < -0.4 is 25.1 Å². The second-order valence-electron chi connectivity index (χ2n) is 8.71. The molecule has 9 nitrogen and oxygen atoms in total. The van der Waals surface area contributed by atoms with E-state index in [1.807, 2.05) is 11.0 Å². The van der Waals surface area contributed by atoms with E-state index in [4.69, 9.17) is 14.2 Å². The minimum Gasteiger partial charge on any atom is -0.497 e. The average molecular weight is 483 g/mol. The van der Waals surface area contributed by atoms with Crippen LogP contribution >= 0.6 is 0 Å². The van der Waals surface area contributed by atoms with Crippen molar-refractivity contribution in [3.05, 3.63) is 57.6 Å². The second kappa shape index (κ2) is 9.18. The number of carbonyl (C=O) groups excluding carboxylic acids is 1. The summed E-state index contributed by atoms with van der Waals surface area (Å²) < 4.78 is 32.9. The number of hydrogen-bond acceptors (Lipinski definition) is 8. The number of halogens is 1. The molecule has 2 aromatic heterocycles. The summed E-state index contributed by atoms with van der Waals surface area (Å²) in [6.07, 6.45) is 2.36. The van der Waals surface area contributed by atoms with Gasteiger partial charge in [0.2, 0.25) is 5.43 Å². The number of pyridine rings is 2. The van der Waals surface area contributed by atoms with Gasteiger partial charge in [-0.05, 0) is 31.5 Å². The van der Waals surface area contributed by atoms with E-state index in [1.165, 1.54) is 12.3 Å². The van der Waals surface area contributed by atoms with Crippen LogP contribution in [0.25, 0.3) is 11.0 Å². The fraction of sp³-hybridized carbons (Fsp3) is 0.400. The largest absolute Gasteiger partial charge is 0.497 e. The highest BCUT2D eigenvalue weighted by Gasteiger charge is 2.39. The van der Waals surface area contributed by atoms with Crippen molar-refractivity contribution in [2.24, 2.45) is 0 Å². The van der Waals surface area contributed by atoms with E-state index in [1.54, 1.807) is 37.8 Å². The Morgan fingerprint density at radius 1 is 1.26 bits per heavy atom. The standard InChI is InChI=1S/C25H27FN4O5/c1-4-35-25(32)19-13-29(11-14-5-6-17(33-2)8-21(14)34-3)23-18(22(19)31)9-20(26)24(28-23)30-12-15-7-16(30)10-27-15/h5-6,8-9,13,15-16,27H,4,7,10-12H2,1-3H3. The van der Waals surface area contributed by atoms with Crippen molar-refractivity contribution in [2.45, 2.75) is 32.0 Å². The van der Waals surface area contributed by atoms with Gasteiger partial charge in [-0.1, -0.05) is 0 Å². The van der Waals surface area contributed by atoms with Gasteiger partial charge in [-0.25, -0.2) is 14.2 Å². The van der Waals surface area contributed by atoms with E-state index in [9.17, 15) is 9.59 Å². The molecular formula is C25H27FN4O5. The van der Waals surface area contributed by atoms with Gasteiger partial charge in [0, 0.05) is 43.0 Å². The van der Waals surface area contributed by atoms with Gasteiger partial charge in [-0.15, -0.1) is 0 Å². The van der Waals surface area contributed by atoms with Crippen molar-refractivity contribution in [3.8, 4) is 11.5 Å². The van der Waals surface area contributed by atoms with Gasteiger partial charge in [0.15, 0.2) is 11.6 Å². The molecule has 184 valence electrons. The van der Waals surface area contributed by atoms with Crippen LogP contribution in [0.3, 0.4) is 0 Å². The molecule has 0 radical (unpaired) electrons. The predicted octanol–water partition coefficient (Wildman–Crippen LogP) is 2.33. The zero-order valence-electron chi connectivity index (χ0n) is 19.8. The van der Waals surface area contributed by atoms with E-state index in [-0.39, 0.29) is 41.6 Å². The molecular weight excluding hydrogens is 455 g/mol. The molecule has 0 amide bonds. The van der Waals surface area contributed by atoms with Crippen LogP contribution in [0.1, 0.15) is 29.3 Å². The molecule has 0 saturated carbocycles. The van der Waals surface area contributed by atoms with Gasteiger partial charge < -0.3 is 29.0 Å². The number of benzene rings is 1. The fourth-order valence-electron chi connectivity index (χ4n) is 4.94. The van der Waals surface area contributed by atoms with Crippen molar-refractivity contribution in [3.63, 3.8) is 0 Å². The Balaban J connectivity index is 1.68. The van der Waals surface area contributed by atoms with Gasteiger partial charge in [0.05, 0.1) is 32.8 Å². The molecule has 10 heteroatoms. The van der Waals surface area contributed by atoms with Crippen LogP contribution in [0.4, 0.5) is 10.2 Å². The lowest BCUT2D eigenvalue weighted by molar-refractivity contribution is 0.0524. The monoisotopic (exact) mass is 482 g/mol. The van der Waals surface area contributed by atoms with Crippen LogP contribution in [0, 0.1) is 5.82 Å². The Labute approximate surface area is 201 Å². The average Bonchev–Trinajstić information content (AvgIpc) is 3.49. The van der Waals surface area contributed by atoms with E-state index >= 15 is 4.39 Å². The smallest absolute Gasteiger partial charge is 0.343 e. The first-order valence-electron chi connectivity index (χ1n) is 11.5. The first-order chi connectivity index (χ1) is 16.9. The summed E-state index contributed by atoms with van der Waals surface area (Å²) in [7, 11) is 3.11. The summed E-state index contributed by atoms with van der Waals surface area (Å²) in [6.45, 7) is 3.41. The van der Waals surface area contributed by atoms with Crippen molar-refractivity contribution < 1.29 is 23.4 Å². The summed E-state index contributed by atoms with van der Waals surface area (Å²) in [6, 6.07) is 7.01. The number of ether oxygens (including phenoxy) is 3. The van der Waals surface area contributed by atoms with E-state index in [0.29, 0.717) is 24.1 Å². The summed E-state index contributed by atoms with van der Waals surface area (Å²) in [5.74, 6) is 0.0612. The molecule has 2 atom stereocenters. The van der Waals surface area contributed by atoms with Gasteiger partial charge >= 0.3 is 5.97 Å². The fourth-order valence-corrected chi connectivity index (χ4v) is 4.94. The first kappa shape index (κ1) is 23.1. The number of carbonyl (C=O) groups is 1. The van der Waals surface area contributed by atoms with E-state index in [2.05, 4.69) is 10.3 Å². The normalized spacial score (nSPS) is 18.8. The Morgan fingerprint density at radius 2 is 2.09 bits per heavy atom. The zero-order valence-corrected chi connectivity index (χ0v) is 19.8. The van der Waals surface area contributed by atoms with Gasteiger partial charge in [0.1, 0.15) is 22.7 Å². The van der Waals surface area contributed by atoms with E-state index < -0.39 is 17.2 Å². The summed E-state index contributed by atoms with van der Waals surface area (Å²) in [5.41, 5.74) is 0.266. The van der Waals surface area contributed by atoms with Crippen molar-refractivity contribution in [1.29, 1.82) is 0 Å². The third kappa shape index (κ3) is 4.07. The molecule has 0 spiro atoms. The number of esters is 1.